The number of unbranched alkanes of at least 4 members (excludes halogenated alkanes) is 9. The molecule has 1 saturated heterocycles. The molecular formula is C16H30O3. The van der Waals surface area contributed by atoms with Gasteiger partial charge in [-0.3, -0.25) is 0 Å². The van der Waals surface area contributed by atoms with Crippen LogP contribution < -0.4 is 0 Å². The van der Waals surface area contributed by atoms with Crippen molar-refractivity contribution in [2.45, 2.75) is 83.7 Å². The Bertz CT molecular complexity index is 228. The first-order valence-electron chi connectivity index (χ1n) is 8.10. The third-order valence-electron chi connectivity index (χ3n) is 3.70. The van der Waals surface area contributed by atoms with E-state index in [1.165, 1.54) is 57.8 Å². The van der Waals surface area contributed by atoms with Gasteiger partial charge in [0.25, 0.3) is 0 Å². The first-order valence-corrected chi connectivity index (χ1v) is 8.10. The molecule has 0 bridgehead atoms. The van der Waals surface area contributed by atoms with Crippen LogP contribution in [0.4, 0.5) is 0 Å². The highest BCUT2D eigenvalue weighted by atomic mass is 16.6. The van der Waals surface area contributed by atoms with E-state index in [1.54, 1.807) is 0 Å². The third kappa shape index (κ3) is 9.04. The zero-order valence-corrected chi connectivity index (χ0v) is 12.5. The van der Waals surface area contributed by atoms with E-state index in [9.17, 15) is 4.79 Å². The minimum absolute atomic E-state index is 0.00953. The summed E-state index contributed by atoms with van der Waals surface area (Å²) in [5.74, 6) is -0.205. The SMILES string of the molecule is CCCCCCCCCCCCC1COCC(=O)O1. The Morgan fingerprint density at radius 3 is 2.11 bits per heavy atom. The number of rotatable bonds is 11. The second kappa shape index (κ2) is 11.3. The lowest BCUT2D eigenvalue weighted by atomic mass is 10.0. The molecule has 0 aromatic rings. The lowest BCUT2D eigenvalue weighted by molar-refractivity contribution is -0.170. The van der Waals surface area contributed by atoms with Crippen LogP contribution in [0.5, 0.6) is 0 Å². The van der Waals surface area contributed by atoms with Crippen LogP contribution in [-0.2, 0) is 14.3 Å². The molecule has 0 radical (unpaired) electrons. The van der Waals surface area contributed by atoms with Crippen molar-refractivity contribution in [3.8, 4) is 0 Å². The quantitative estimate of drug-likeness (QED) is 0.416. The summed E-state index contributed by atoms with van der Waals surface area (Å²) >= 11 is 0. The maximum absolute atomic E-state index is 11.0. The van der Waals surface area contributed by atoms with Gasteiger partial charge in [0.1, 0.15) is 12.7 Å². The van der Waals surface area contributed by atoms with Gasteiger partial charge in [-0.25, -0.2) is 4.79 Å². The molecule has 1 aliphatic heterocycles. The monoisotopic (exact) mass is 270 g/mol. The summed E-state index contributed by atoms with van der Waals surface area (Å²) in [6.07, 6.45) is 14.4. The van der Waals surface area contributed by atoms with E-state index in [-0.39, 0.29) is 18.7 Å². The van der Waals surface area contributed by atoms with Crippen molar-refractivity contribution < 1.29 is 14.3 Å². The number of carbonyl (C=O) groups is 1. The van der Waals surface area contributed by atoms with Crippen molar-refractivity contribution in [3.05, 3.63) is 0 Å². The molecular weight excluding hydrogens is 240 g/mol. The van der Waals surface area contributed by atoms with Crippen LogP contribution in [-0.4, -0.2) is 25.3 Å². The third-order valence-corrected chi connectivity index (χ3v) is 3.70. The highest BCUT2D eigenvalue weighted by Crippen LogP contribution is 2.14. The van der Waals surface area contributed by atoms with Gasteiger partial charge in [-0.15, -0.1) is 0 Å². The van der Waals surface area contributed by atoms with E-state index in [1.807, 2.05) is 0 Å². The number of cyclic esters (lactones) is 1. The van der Waals surface area contributed by atoms with Crippen molar-refractivity contribution in [1.82, 2.24) is 0 Å². The highest BCUT2D eigenvalue weighted by Gasteiger charge is 2.19. The maximum Gasteiger partial charge on any atom is 0.332 e. The second-order valence-electron chi connectivity index (χ2n) is 5.60. The van der Waals surface area contributed by atoms with Crippen LogP contribution >= 0.6 is 0 Å². The Labute approximate surface area is 118 Å². The lowest BCUT2D eigenvalue weighted by Gasteiger charge is -2.22. The molecule has 1 rings (SSSR count). The Balaban J connectivity index is 1.79. The van der Waals surface area contributed by atoms with Gasteiger partial charge in [0, 0.05) is 0 Å². The molecule has 19 heavy (non-hydrogen) atoms. The molecule has 0 aromatic carbocycles. The van der Waals surface area contributed by atoms with E-state index in [2.05, 4.69) is 6.92 Å². The average Bonchev–Trinajstić information content (AvgIpc) is 2.41. The fourth-order valence-corrected chi connectivity index (χ4v) is 2.53. The van der Waals surface area contributed by atoms with Crippen molar-refractivity contribution in [3.63, 3.8) is 0 Å². The van der Waals surface area contributed by atoms with Gasteiger partial charge in [0.2, 0.25) is 0 Å². The molecule has 3 nitrogen and oxygen atoms in total. The molecule has 1 fully saturated rings. The Hall–Kier alpha value is -0.570. The van der Waals surface area contributed by atoms with Crippen LogP contribution in [0.25, 0.3) is 0 Å². The predicted octanol–water partition coefficient (Wildman–Crippen LogP) is 4.24. The maximum atomic E-state index is 11.0. The van der Waals surface area contributed by atoms with Crippen molar-refractivity contribution >= 4 is 5.97 Å². The summed E-state index contributed by atoms with van der Waals surface area (Å²) in [4.78, 5) is 11.0. The van der Waals surface area contributed by atoms with Crippen LogP contribution in [0.2, 0.25) is 0 Å². The molecule has 0 aromatic heterocycles. The Morgan fingerprint density at radius 1 is 0.947 bits per heavy atom. The van der Waals surface area contributed by atoms with E-state index in [4.69, 9.17) is 9.47 Å². The molecule has 3 heteroatoms. The number of hydrogen-bond donors (Lipinski definition) is 0. The summed E-state index contributed by atoms with van der Waals surface area (Å²) in [6, 6.07) is 0. The van der Waals surface area contributed by atoms with Crippen molar-refractivity contribution in [2.24, 2.45) is 0 Å². The summed E-state index contributed by atoms with van der Waals surface area (Å²) in [5, 5.41) is 0. The first-order chi connectivity index (χ1) is 9.33. The zero-order chi connectivity index (χ0) is 13.8. The van der Waals surface area contributed by atoms with E-state index in [0.717, 1.165) is 12.8 Å². The van der Waals surface area contributed by atoms with Gasteiger partial charge in [0.05, 0.1) is 6.61 Å². The normalized spacial score (nSPS) is 19.4. The Kier molecular flexibility index (Phi) is 9.78. The van der Waals surface area contributed by atoms with Gasteiger partial charge in [-0.05, 0) is 12.8 Å². The van der Waals surface area contributed by atoms with E-state index < -0.39 is 0 Å². The molecule has 0 amide bonds. The zero-order valence-electron chi connectivity index (χ0n) is 12.5. The minimum Gasteiger partial charge on any atom is -0.458 e. The van der Waals surface area contributed by atoms with Gasteiger partial charge >= 0.3 is 5.97 Å². The largest absolute Gasteiger partial charge is 0.458 e. The smallest absolute Gasteiger partial charge is 0.332 e. The highest BCUT2D eigenvalue weighted by molar-refractivity contribution is 5.71. The predicted molar refractivity (Wildman–Crippen MR) is 77.2 cm³/mol. The minimum atomic E-state index is -0.205. The topological polar surface area (TPSA) is 35.5 Å². The summed E-state index contributed by atoms with van der Waals surface area (Å²) in [6.45, 7) is 2.98. The number of carbonyl (C=O) groups excluding carboxylic acids is 1. The fraction of sp³-hybridized carbons (Fsp3) is 0.938. The fourth-order valence-electron chi connectivity index (χ4n) is 2.53. The summed E-state index contributed by atoms with van der Waals surface area (Å²) in [5.41, 5.74) is 0. The Morgan fingerprint density at radius 2 is 1.53 bits per heavy atom. The van der Waals surface area contributed by atoms with Crippen LogP contribution in [0.15, 0.2) is 0 Å². The molecule has 1 heterocycles. The number of esters is 1. The lowest BCUT2D eigenvalue weighted by Crippen LogP contribution is -2.32. The van der Waals surface area contributed by atoms with Crippen LogP contribution in [0.3, 0.4) is 0 Å². The summed E-state index contributed by atoms with van der Waals surface area (Å²) in [7, 11) is 0. The molecule has 0 aliphatic carbocycles. The van der Waals surface area contributed by atoms with Gasteiger partial charge in [-0.2, -0.15) is 0 Å². The molecule has 112 valence electrons. The molecule has 0 spiro atoms. The van der Waals surface area contributed by atoms with Crippen molar-refractivity contribution in [1.29, 1.82) is 0 Å². The van der Waals surface area contributed by atoms with E-state index in [0.29, 0.717) is 6.61 Å². The molecule has 1 unspecified atom stereocenters. The van der Waals surface area contributed by atoms with Gasteiger partial charge in [-0.1, -0.05) is 64.7 Å². The second-order valence-corrected chi connectivity index (χ2v) is 5.60. The molecule has 0 N–H and O–H groups in total. The summed E-state index contributed by atoms with van der Waals surface area (Å²) < 4.78 is 10.4. The molecule has 1 aliphatic rings. The van der Waals surface area contributed by atoms with Crippen LogP contribution in [0.1, 0.15) is 77.6 Å². The van der Waals surface area contributed by atoms with Crippen molar-refractivity contribution in [2.75, 3.05) is 13.2 Å². The van der Waals surface area contributed by atoms with Crippen LogP contribution in [0, 0.1) is 0 Å². The standard InChI is InChI=1S/C16H30O3/c1-2-3-4-5-6-7-8-9-10-11-12-15-13-18-14-16(17)19-15/h15H,2-14H2,1H3. The molecule has 0 saturated carbocycles. The first kappa shape index (κ1) is 16.5. The number of hydrogen-bond acceptors (Lipinski definition) is 3. The van der Waals surface area contributed by atoms with Gasteiger partial charge in [0.15, 0.2) is 0 Å². The van der Waals surface area contributed by atoms with Gasteiger partial charge < -0.3 is 9.47 Å². The average molecular weight is 270 g/mol. The number of ether oxygens (including phenoxy) is 2. The molecule has 1 atom stereocenters. The van der Waals surface area contributed by atoms with E-state index >= 15 is 0 Å².